The first-order chi connectivity index (χ1) is 13.2. The van der Waals surface area contributed by atoms with Crippen LogP contribution in [0, 0.1) is 0 Å². The van der Waals surface area contributed by atoms with Crippen LogP contribution in [-0.2, 0) is 13.0 Å². The summed E-state index contributed by atoms with van der Waals surface area (Å²) in [4.78, 5) is 4.13. The average molecular weight is 383 g/mol. The Hall–Kier alpha value is -2.56. The molecule has 0 radical (unpaired) electrons. The number of halogens is 1. The number of nitrogens with two attached hydrogens (primary N) is 1. The summed E-state index contributed by atoms with van der Waals surface area (Å²) < 4.78 is 11.7. The number of hydrogen-bond acceptors (Lipinski definition) is 4. The molecule has 0 spiro atoms. The van der Waals surface area contributed by atoms with Gasteiger partial charge in [0.1, 0.15) is 6.61 Å². The van der Waals surface area contributed by atoms with Crippen LogP contribution >= 0.6 is 11.6 Å². The molecule has 0 bridgehead atoms. The fourth-order valence-corrected chi connectivity index (χ4v) is 2.90. The molecule has 3 rings (SSSR count). The van der Waals surface area contributed by atoms with Crippen molar-refractivity contribution in [3.63, 3.8) is 0 Å². The zero-order valence-corrected chi connectivity index (χ0v) is 16.0. The monoisotopic (exact) mass is 382 g/mol. The molecule has 0 aliphatic rings. The van der Waals surface area contributed by atoms with Gasteiger partial charge < -0.3 is 15.2 Å². The normalized spacial score (nSPS) is 11.8. The van der Waals surface area contributed by atoms with E-state index in [1.54, 1.807) is 12.4 Å². The van der Waals surface area contributed by atoms with Crippen molar-refractivity contribution in [1.29, 1.82) is 0 Å². The minimum Gasteiger partial charge on any atom is -0.490 e. The Kier molecular flexibility index (Phi) is 6.69. The largest absolute Gasteiger partial charge is 0.490 e. The summed E-state index contributed by atoms with van der Waals surface area (Å²) in [5.74, 6) is 1.44. The Morgan fingerprint density at radius 3 is 2.48 bits per heavy atom. The van der Waals surface area contributed by atoms with Gasteiger partial charge in [-0.05, 0) is 60.4 Å². The Morgan fingerprint density at radius 2 is 1.78 bits per heavy atom. The van der Waals surface area contributed by atoms with Crippen molar-refractivity contribution in [2.24, 2.45) is 5.73 Å². The minimum atomic E-state index is -0.117. The number of rotatable bonds is 8. The molecule has 0 aliphatic carbocycles. The molecule has 3 aromatic rings. The maximum atomic E-state index is 6.31. The molecule has 0 saturated heterocycles. The van der Waals surface area contributed by atoms with Crippen LogP contribution in [0.4, 0.5) is 0 Å². The Balaban J connectivity index is 1.71. The molecule has 2 N–H and O–H groups in total. The predicted molar refractivity (Wildman–Crippen MR) is 108 cm³/mol. The van der Waals surface area contributed by atoms with E-state index in [-0.39, 0.29) is 6.04 Å². The summed E-state index contributed by atoms with van der Waals surface area (Å²) in [6.07, 6.45) is 4.25. The summed E-state index contributed by atoms with van der Waals surface area (Å²) in [5.41, 5.74) is 9.46. The van der Waals surface area contributed by atoms with E-state index in [2.05, 4.69) is 4.98 Å². The van der Waals surface area contributed by atoms with Crippen molar-refractivity contribution in [3.8, 4) is 11.5 Å². The molecule has 4 nitrogen and oxygen atoms in total. The number of aromatic nitrogens is 1. The van der Waals surface area contributed by atoms with Crippen molar-refractivity contribution in [2.75, 3.05) is 6.61 Å². The molecule has 0 saturated carbocycles. The third-order valence-electron chi connectivity index (χ3n) is 4.18. The van der Waals surface area contributed by atoms with Crippen LogP contribution in [-0.4, -0.2) is 11.6 Å². The van der Waals surface area contributed by atoms with Crippen molar-refractivity contribution >= 4 is 11.6 Å². The summed E-state index contributed by atoms with van der Waals surface area (Å²) in [5, 5.41) is 0.711. The zero-order chi connectivity index (χ0) is 19.1. The van der Waals surface area contributed by atoms with E-state index in [1.807, 2.05) is 61.5 Å². The molecule has 1 unspecified atom stereocenters. The van der Waals surface area contributed by atoms with E-state index in [0.717, 1.165) is 22.4 Å². The molecule has 0 aliphatic heterocycles. The van der Waals surface area contributed by atoms with Crippen LogP contribution in [0.1, 0.15) is 29.7 Å². The first kappa shape index (κ1) is 19.2. The average Bonchev–Trinajstić information content (AvgIpc) is 2.69. The Labute approximate surface area is 164 Å². The maximum Gasteiger partial charge on any atom is 0.161 e. The zero-order valence-electron chi connectivity index (χ0n) is 15.3. The van der Waals surface area contributed by atoms with Gasteiger partial charge in [-0.25, -0.2) is 0 Å². The van der Waals surface area contributed by atoms with Gasteiger partial charge in [-0.15, -0.1) is 0 Å². The molecular weight excluding hydrogens is 360 g/mol. The lowest BCUT2D eigenvalue weighted by Gasteiger charge is -2.16. The van der Waals surface area contributed by atoms with Crippen LogP contribution in [0.3, 0.4) is 0 Å². The van der Waals surface area contributed by atoms with Crippen LogP contribution in [0.2, 0.25) is 5.02 Å². The molecule has 27 heavy (non-hydrogen) atoms. The number of hydrogen-bond donors (Lipinski definition) is 1. The molecule has 5 heteroatoms. The number of benzene rings is 2. The fraction of sp³-hybridized carbons (Fsp3) is 0.227. The van der Waals surface area contributed by atoms with E-state index in [4.69, 9.17) is 26.8 Å². The van der Waals surface area contributed by atoms with Crippen LogP contribution in [0.5, 0.6) is 11.5 Å². The van der Waals surface area contributed by atoms with Gasteiger partial charge in [0.25, 0.3) is 0 Å². The molecule has 0 fully saturated rings. The van der Waals surface area contributed by atoms with Gasteiger partial charge in [0, 0.05) is 23.5 Å². The standard InChI is InChI=1S/C22H23ClN2O2/c1-2-26-22-13-17(12-20(24)18-4-3-11-25-14-18)7-10-21(22)27-15-16-5-8-19(23)9-6-16/h3-11,13-14,20H,2,12,15,24H2,1H3. The summed E-state index contributed by atoms with van der Waals surface area (Å²) in [6, 6.07) is 17.3. The molecular formula is C22H23ClN2O2. The molecule has 1 aromatic heterocycles. The van der Waals surface area contributed by atoms with Crippen LogP contribution in [0.25, 0.3) is 0 Å². The maximum absolute atomic E-state index is 6.31. The highest BCUT2D eigenvalue weighted by molar-refractivity contribution is 6.30. The van der Waals surface area contributed by atoms with Crippen LogP contribution in [0.15, 0.2) is 67.0 Å². The summed E-state index contributed by atoms with van der Waals surface area (Å²) in [7, 11) is 0. The van der Waals surface area contributed by atoms with Crippen molar-refractivity contribution < 1.29 is 9.47 Å². The fourth-order valence-electron chi connectivity index (χ4n) is 2.78. The van der Waals surface area contributed by atoms with Crippen molar-refractivity contribution in [1.82, 2.24) is 4.98 Å². The van der Waals surface area contributed by atoms with Crippen molar-refractivity contribution in [2.45, 2.75) is 26.0 Å². The van der Waals surface area contributed by atoms with E-state index in [9.17, 15) is 0 Å². The first-order valence-electron chi connectivity index (χ1n) is 8.94. The van der Waals surface area contributed by atoms with E-state index in [1.165, 1.54) is 0 Å². The number of pyridine rings is 1. The van der Waals surface area contributed by atoms with E-state index >= 15 is 0 Å². The van der Waals surface area contributed by atoms with E-state index < -0.39 is 0 Å². The minimum absolute atomic E-state index is 0.117. The third-order valence-corrected chi connectivity index (χ3v) is 4.44. The second-order valence-electron chi connectivity index (χ2n) is 6.23. The lowest BCUT2D eigenvalue weighted by Crippen LogP contribution is -2.13. The molecule has 1 heterocycles. The van der Waals surface area contributed by atoms with Crippen LogP contribution < -0.4 is 15.2 Å². The second kappa shape index (κ2) is 9.40. The topological polar surface area (TPSA) is 57.4 Å². The van der Waals surface area contributed by atoms with Gasteiger partial charge in [0.15, 0.2) is 11.5 Å². The van der Waals surface area contributed by atoms with Gasteiger partial charge in [0.05, 0.1) is 6.61 Å². The van der Waals surface area contributed by atoms with Gasteiger partial charge in [-0.1, -0.05) is 35.9 Å². The quantitative estimate of drug-likeness (QED) is 0.598. The van der Waals surface area contributed by atoms with E-state index in [0.29, 0.717) is 30.4 Å². The number of nitrogens with zero attached hydrogens (tertiary/aromatic N) is 1. The molecule has 140 valence electrons. The lowest BCUT2D eigenvalue weighted by molar-refractivity contribution is 0.269. The smallest absolute Gasteiger partial charge is 0.161 e. The SMILES string of the molecule is CCOc1cc(CC(N)c2cccnc2)ccc1OCc1ccc(Cl)cc1. The molecule has 2 aromatic carbocycles. The Bertz CT molecular complexity index is 854. The van der Waals surface area contributed by atoms with Gasteiger partial charge >= 0.3 is 0 Å². The predicted octanol–water partition coefficient (Wildman–Crippen LogP) is 4.96. The highest BCUT2D eigenvalue weighted by Gasteiger charge is 2.11. The van der Waals surface area contributed by atoms with Gasteiger partial charge in [0.2, 0.25) is 0 Å². The molecule has 0 amide bonds. The second-order valence-corrected chi connectivity index (χ2v) is 6.66. The first-order valence-corrected chi connectivity index (χ1v) is 9.32. The lowest BCUT2D eigenvalue weighted by atomic mass is 10.0. The Morgan fingerprint density at radius 1 is 1.00 bits per heavy atom. The highest BCUT2D eigenvalue weighted by atomic mass is 35.5. The highest BCUT2D eigenvalue weighted by Crippen LogP contribution is 2.30. The van der Waals surface area contributed by atoms with Gasteiger partial charge in [-0.3, -0.25) is 4.98 Å². The van der Waals surface area contributed by atoms with Gasteiger partial charge in [-0.2, -0.15) is 0 Å². The molecule has 1 atom stereocenters. The summed E-state index contributed by atoms with van der Waals surface area (Å²) >= 11 is 5.92. The van der Waals surface area contributed by atoms with Crippen molar-refractivity contribution in [3.05, 3.63) is 88.7 Å². The summed E-state index contributed by atoms with van der Waals surface area (Å²) in [6.45, 7) is 2.97. The third kappa shape index (κ3) is 5.46. The number of ether oxygens (including phenoxy) is 2.